The molecule has 0 aliphatic rings. The Hall–Kier alpha value is -2.13. The second kappa shape index (κ2) is 18.2. The molecule has 0 radical (unpaired) electrons. The molecule has 3 nitrogen and oxygen atoms in total. The maximum absolute atomic E-state index is 10.3. The lowest BCUT2D eigenvalue weighted by Crippen LogP contribution is -1.98. The van der Waals surface area contributed by atoms with Gasteiger partial charge in [0, 0.05) is 6.42 Å². The van der Waals surface area contributed by atoms with E-state index in [-0.39, 0.29) is 6.42 Å². The van der Waals surface area contributed by atoms with Gasteiger partial charge in [-0.15, -0.1) is 0 Å². The van der Waals surface area contributed by atoms with Gasteiger partial charge >= 0.3 is 5.97 Å². The number of carboxylic acid groups (broad SMARTS) is 1. The van der Waals surface area contributed by atoms with Gasteiger partial charge in [-0.2, -0.15) is 0 Å². The third kappa shape index (κ3) is 19.8. The van der Waals surface area contributed by atoms with E-state index in [0.717, 1.165) is 25.7 Å². The largest absolute Gasteiger partial charge is 0.481 e. The molecule has 0 amide bonds. The number of allylic oxidation sites excluding steroid dienone is 10. The lowest BCUT2D eigenvalue weighted by Gasteiger charge is -1.98. The summed E-state index contributed by atoms with van der Waals surface area (Å²) >= 11 is 0. The fraction of sp³-hybridized carbons (Fsp3) is 0.409. The standard InChI is InChI=1S/C22H32O3/c1-2-3-15-18-21(23)19-16-13-11-9-7-5-4-6-8-10-12-14-17-20-22(24)25/h3,6-9,11-16,19,21,23H,2,4-5,10,17-18,20H2,1H3,(H,24,25)/b8-6-,9-7+,13-11-,14-12-,15-3-,19-16+/t21-/m1/s1. The van der Waals surface area contributed by atoms with E-state index in [9.17, 15) is 9.90 Å². The molecule has 0 aliphatic carbocycles. The lowest BCUT2D eigenvalue weighted by molar-refractivity contribution is -0.136. The molecule has 0 aliphatic heterocycles. The van der Waals surface area contributed by atoms with Crippen molar-refractivity contribution in [2.45, 2.75) is 58.0 Å². The minimum Gasteiger partial charge on any atom is -0.481 e. The maximum Gasteiger partial charge on any atom is 0.303 e. The number of aliphatic hydroxyl groups excluding tert-OH is 1. The van der Waals surface area contributed by atoms with Gasteiger partial charge in [-0.25, -0.2) is 0 Å². The van der Waals surface area contributed by atoms with Crippen LogP contribution in [0.1, 0.15) is 51.9 Å². The highest BCUT2D eigenvalue weighted by Gasteiger charge is 1.92. The van der Waals surface area contributed by atoms with Crippen LogP contribution in [-0.4, -0.2) is 22.3 Å². The summed E-state index contributed by atoms with van der Waals surface area (Å²) in [5.41, 5.74) is 0. The number of rotatable bonds is 14. The fourth-order valence-electron chi connectivity index (χ4n) is 1.88. The highest BCUT2D eigenvalue weighted by atomic mass is 16.4. The third-order valence-electron chi connectivity index (χ3n) is 3.21. The first kappa shape index (κ1) is 22.9. The van der Waals surface area contributed by atoms with Crippen LogP contribution in [0.4, 0.5) is 0 Å². The van der Waals surface area contributed by atoms with Crippen molar-refractivity contribution in [3.8, 4) is 0 Å². The number of hydrogen-bond acceptors (Lipinski definition) is 2. The zero-order valence-electron chi connectivity index (χ0n) is 15.3. The van der Waals surface area contributed by atoms with Crippen molar-refractivity contribution >= 4 is 5.97 Å². The summed E-state index contributed by atoms with van der Waals surface area (Å²) in [4.78, 5) is 10.3. The lowest BCUT2D eigenvalue weighted by atomic mass is 10.2. The van der Waals surface area contributed by atoms with Crippen molar-refractivity contribution in [3.63, 3.8) is 0 Å². The van der Waals surface area contributed by atoms with Crippen molar-refractivity contribution in [3.05, 3.63) is 72.9 Å². The Balaban J connectivity index is 3.66. The van der Waals surface area contributed by atoms with Crippen molar-refractivity contribution in [2.75, 3.05) is 0 Å². The smallest absolute Gasteiger partial charge is 0.303 e. The Bertz CT molecular complexity index is 493. The fourth-order valence-corrected chi connectivity index (χ4v) is 1.88. The van der Waals surface area contributed by atoms with Gasteiger partial charge in [-0.05, 0) is 38.5 Å². The third-order valence-corrected chi connectivity index (χ3v) is 3.21. The van der Waals surface area contributed by atoms with Gasteiger partial charge in [-0.1, -0.05) is 79.8 Å². The normalized spacial score (nSPS) is 14.3. The maximum atomic E-state index is 10.3. The molecule has 0 saturated heterocycles. The molecule has 25 heavy (non-hydrogen) atoms. The predicted octanol–water partition coefficient (Wildman–Crippen LogP) is 5.52. The van der Waals surface area contributed by atoms with E-state index in [2.05, 4.69) is 31.2 Å². The number of carboxylic acids is 1. The molecule has 0 spiro atoms. The van der Waals surface area contributed by atoms with E-state index in [4.69, 9.17) is 5.11 Å². The molecular formula is C22H32O3. The molecule has 2 N–H and O–H groups in total. The van der Waals surface area contributed by atoms with Crippen LogP contribution >= 0.6 is 0 Å². The summed E-state index contributed by atoms with van der Waals surface area (Å²) in [5.74, 6) is -0.753. The Morgan fingerprint density at radius 3 is 2.24 bits per heavy atom. The number of unbranched alkanes of at least 4 members (excludes halogenated alkanes) is 1. The number of hydrogen-bond donors (Lipinski definition) is 2. The molecule has 0 heterocycles. The zero-order valence-corrected chi connectivity index (χ0v) is 15.3. The molecule has 3 heteroatoms. The summed E-state index contributed by atoms with van der Waals surface area (Å²) < 4.78 is 0. The Morgan fingerprint density at radius 2 is 1.52 bits per heavy atom. The van der Waals surface area contributed by atoms with Crippen LogP contribution in [0.2, 0.25) is 0 Å². The molecule has 1 atom stereocenters. The van der Waals surface area contributed by atoms with E-state index >= 15 is 0 Å². The summed E-state index contributed by atoms with van der Waals surface area (Å²) in [5, 5.41) is 18.2. The van der Waals surface area contributed by atoms with Gasteiger partial charge in [-0.3, -0.25) is 4.79 Å². The van der Waals surface area contributed by atoms with Crippen LogP contribution < -0.4 is 0 Å². The van der Waals surface area contributed by atoms with Gasteiger partial charge in [0.05, 0.1) is 6.10 Å². The van der Waals surface area contributed by atoms with Gasteiger partial charge in [0.1, 0.15) is 0 Å². The van der Waals surface area contributed by atoms with Crippen LogP contribution in [0.15, 0.2) is 72.9 Å². The van der Waals surface area contributed by atoms with E-state index in [1.54, 1.807) is 6.08 Å². The predicted molar refractivity (Wildman–Crippen MR) is 106 cm³/mol. The zero-order chi connectivity index (χ0) is 18.6. The molecule has 0 aromatic heterocycles. The first-order chi connectivity index (χ1) is 12.2. The highest BCUT2D eigenvalue weighted by Crippen LogP contribution is 1.99. The van der Waals surface area contributed by atoms with Crippen molar-refractivity contribution in [1.82, 2.24) is 0 Å². The van der Waals surface area contributed by atoms with Crippen LogP contribution in [0.5, 0.6) is 0 Å². The second-order valence-corrected chi connectivity index (χ2v) is 5.57. The van der Waals surface area contributed by atoms with Crippen molar-refractivity contribution in [1.29, 1.82) is 0 Å². The van der Waals surface area contributed by atoms with Crippen LogP contribution in [-0.2, 0) is 4.79 Å². The van der Waals surface area contributed by atoms with E-state index < -0.39 is 12.1 Å². The average Bonchev–Trinajstić information content (AvgIpc) is 2.58. The molecular weight excluding hydrogens is 312 g/mol. The number of carbonyl (C=O) groups is 1. The topological polar surface area (TPSA) is 57.5 Å². The van der Waals surface area contributed by atoms with Crippen LogP contribution in [0, 0.1) is 0 Å². The Morgan fingerprint density at radius 1 is 0.840 bits per heavy atom. The summed E-state index contributed by atoms with van der Waals surface area (Å²) in [7, 11) is 0. The molecule has 0 rings (SSSR count). The van der Waals surface area contributed by atoms with Crippen molar-refractivity contribution in [2.24, 2.45) is 0 Å². The van der Waals surface area contributed by atoms with Crippen molar-refractivity contribution < 1.29 is 15.0 Å². The first-order valence-electron chi connectivity index (χ1n) is 9.01. The summed E-state index contributed by atoms with van der Waals surface area (Å²) in [6.45, 7) is 2.08. The molecule has 0 saturated carbocycles. The monoisotopic (exact) mass is 344 g/mol. The molecule has 0 unspecified atom stereocenters. The second-order valence-electron chi connectivity index (χ2n) is 5.57. The first-order valence-corrected chi connectivity index (χ1v) is 9.01. The summed E-state index contributed by atoms with van der Waals surface area (Å²) in [6.07, 6.45) is 28.7. The van der Waals surface area contributed by atoms with E-state index in [1.165, 1.54) is 0 Å². The number of aliphatic carboxylic acids is 1. The average molecular weight is 344 g/mol. The van der Waals surface area contributed by atoms with Crippen LogP contribution in [0.25, 0.3) is 0 Å². The molecule has 0 fully saturated rings. The van der Waals surface area contributed by atoms with E-state index in [1.807, 2.05) is 42.5 Å². The Labute approximate surface area is 152 Å². The molecule has 0 bridgehead atoms. The van der Waals surface area contributed by atoms with E-state index in [0.29, 0.717) is 12.8 Å². The Kier molecular flexibility index (Phi) is 16.7. The van der Waals surface area contributed by atoms with Crippen LogP contribution in [0.3, 0.4) is 0 Å². The minimum atomic E-state index is -0.753. The molecule has 0 aromatic rings. The minimum absolute atomic E-state index is 0.197. The molecule has 138 valence electrons. The SMILES string of the molecule is CC/C=C\C[C@@H](O)/C=C/C=C\C=C\CC/C=C\C/C=C\CCC(=O)O. The van der Waals surface area contributed by atoms with Gasteiger partial charge in [0.15, 0.2) is 0 Å². The van der Waals surface area contributed by atoms with Gasteiger partial charge < -0.3 is 10.2 Å². The number of aliphatic hydroxyl groups is 1. The van der Waals surface area contributed by atoms with Gasteiger partial charge in [0.2, 0.25) is 0 Å². The summed E-state index contributed by atoms with van der Waals surface area (Å²) in [6, 6.07) is 0. The highest BCUT2D eigenvalue weighted by molar-refractivity contribution is 5.66. The quantitative estimate of drug-likeness (QED) is 0.248. The molecule has 0 aromatic carbocycles. The van der Waals surface area contributed by atoms with Gasteiger partial charge in [0.25, 0.3) is 0 Å².